The van der Waals surface area contributed by atoms with Crippen molar-refractivity contribution in [3.8, 4) is 0 Å². The molecule has 1 heterocycles. The van der Waals surface area contributed by atoms with Crippen LogP contribution >= 0.6 is 23.4 Å². The number of nitrogens with zero attached hydrogens (tertiary/aromatic N) is 3. The quantitative estimate of drug-likeness (QED) is 0.103. The van der Waals surface area contributed by atoms with Crippen LogP contribution in [0.25, 0.3) is 5.57 Å². The molecule has 368 valence electrons. The molecule has 1 fully saturated rings. The van der Waals surface area contributed by atoms with Crippen molar-refractivity contribution in [3.05, 3.63) is 119 Å². The van der Waals surface area contributed by atoms with E-state index >= 15 is 0 Å². The van der Waals surface area contributed by atoms with Gasteiger partial charge >= 0.3 is 11.6 Å². The molecule has 4 aromatic carbocycles. The molecule has 0 bridgehead atoms. The van der Waals surface area contributed by atoms with Crippen molar-refractivity contribution >= 4 is 72.2 Å². The molecule has 6 rings (SSSR count). The fourth-order valence-corrected chi connectivity index (χ4v) is 11.3. The van der Waals surface area contributed by atoms with Crippen molar-refractivity contribution < 1.29 is 44.3 Å². The first-order valence-electron chi connectivity index (χ1n) is 22.3. The van der Waals surface area contributed by atoms with Crippen LogP contribution in [0.5, 0.6) is 0 Å². The topological polar surface area (TPSA) is 145 Å². The van der Waals surface area contributed by atoms with Crippen LogP contribution in [0, 0.1) is 5.41 Å². The number of amides is 2. The molecule has 0 saturated carbocycles. The van der Waals surface area contributed by atoms with Crippen LogP contribution < -0.4 is 14.9 Å². The fourth-order valence-electron chi connectivity index (χ4n) is 8.11. The minimum atomic E-state index is -6.14. The molecule has 1 saturated heterocycles. The second kappa shape index (κ2) is 21.5. The number of hydrogen-bond acceptors (Lipinski definition) is 11. The van der Waals surface area contributed by atoms with Crippen LogP contribution in [0.2, 0.25) is 5.02 Å². The molecule has 68 heavy (non-hydrogen) atoms. The number of nitrogens with one attached hydrogen (secondary N) is 2. The number of piperazine rings is 1. The maximum atomic E-state index is 14.2. The predicted octanol–water partition coefficient (Wildman–Crippen LogP) is 10.4. The van der Waals surface area contributed by atoms with E-state index in [9.17, 15) is 39.6 Å². The first-order valence-corrected chi connectivity index (χ1v) is 26.6. The predicted molar refractivity (Wildman–Crippen MR) is 263 cm³/mol. The smallest absolute Gasteiger partial charge is 0.444 e. The lowest BCUT2D eigenvalue weighted by atomic mass is 9.73. The van der Waals surface area contributed by atoms with Crippen molar-refractivity contribution in [1.82, 2.24) is 14.5 Å². The average Bonchev–Trinajstić information content (AvgIpc) is 3.27. The Morgan fingerprint density at radius 3 is 2.16 bits per heavy atom. The molecule has 1 aliphatic carbocycles. The number of alkyl halides is 3. The van der Waals surface area contributed by atoms with Gasteiger partial charge in [-0.2, -0.15) is 13.2 Å². The largest absolute Gasteiger partial charge is 0.501 e. The molecule has 12 nitrogen and oxygen atoms in total. The first-order chi connectivity index (χ1) is 31.8. The minimum absolute atomic E-state index is 0.0333. The van der Waals surface area contributed by atoms with E-state index in [1.54, 1.807) is 45.0 Å². The zero-order chi connectivity index (χ0) is 49.7. The average molecular weight is 1020 g/mol. The Morgan fingerprint density at radius 1 is 0.897 bits per heavy atom. The van der Waals surface area contributed by atoms with Gasteiger partial charge in [0, 0.05) is 79.3 Å². The minimum Gasteiger partial charge on any atom is -0.444 e. The monoisotopic (exact) mass is 1020 g/mol. The van der Waals surface area contributed by atoms with Gasteiger partial charge in [0.05, 0.1) is 10.6 Å². The number of halogens is 4. The molecule has 1 atom stereocenters. The van der Waals surface area contributed by atoms with Crippen molar-refractivity contribution in [2.75, 3.05) is 62.3 Å². The highest BCUT2D eigenvalue weighted by Crippen LogP contribution is 2.43. The van der Waals surface area contributed by atoms with Crippen LogP contribution in [0.3, 0.4) is 0 Å². The molecule has 4 aromatic rings. The van der Waals surface area contributed by atoms with Crippen LogP contribution in [-0.2, 0) is 24.6 Å². The fraction of sp³-hybridized carbons (Fsp3) is 0.429. The molecule has 0 unspecified atom stereocenters. The van der Waals surface area contributed by atoms with Gasteiger partial charge in [-0.05, 0) is 130 Å². The standard InChI is InChI=1S/C49H59ClF3N5O7S3/c1-47(2,3)65-46(60)56(6)25-23-38(33-66-40-10-8-7-9-11-40)54-43-21-20-41(30-44(43)67(61,62)49(51,52)53)68(63,64)55-45(59)35-14-18-39(19-15-35)58-28-26-57(27-29-58)32-36-31-48(4,5)24-22-42(36)34-12-16-37(50)17-13-34/h7-21,30,38,54H,22-29,31-33H2,1-6H3,(H,55,59)/t38-/m1/s1. The van der Waals surface area contributed by atoms with Crippen LogP contribution in [0.15, 0.2) is 117 Å². The molecule has 0 aromatic heterocycles. The summed E-state index contributed by atoms with van der Waals surface area (Å²) in [4.78, 5) is 30.6. The van der Waals surface area contributed by atoms with E-state index in [0.29, 0.717) is 11.1 Å². The summed E-state index contributed by atoms with van der Waals surface area (Å²) in [6.45, 7) is 13.7. The summed E-state index contributed by atoms with van der Waals surface area (Å²) in [6, 6.07) is 25.0. The van der Waals surface area contributed by atoms with Gasteiger partial charge in [-0.1, -0.05) is 61.4 Å². The number of thioether (sulfide) groups is 1. The summed E-state index contributed by atoms with van der Waals surface area (Å²) < 4.78 is 103. The Morgan fingerprint density at radius 2 is 1.54 bits per heavy atom. The van der Waals surface area contributed by atoms with Gasteiger partial charge in [-0.3, -0.25) is 9.69 Å². The second-order valence-electron chi connectivity index (χ2n) is 18.9. The number of sulfonamides is 1. The Balaban J connectivity index is 1.14. The number of benzene rings is 4. The molecule has 2 aliphatic rings. The van der Waals surface area contributed by atoms with Crippen molar-refractivity contribution in [1.29, 1.82) is 0 Å². The van der Waals surface area contributed by atoms with E-state index in [1.165, 1.54) is 52.6 Å². The molecule has 2 amide bonds. The van der Waals surface area contributed by atoms with Crippen LogP contribution in [0.1, 0.15) is 76.2 Å². The van der Waals surface area contributed by atoms with E-state index in [0.717, 1.165) is 74.7 Å². The van der Waals surface area contributed by atoms with Gasteiger partial charge in [0.2, 0.25) is 0 Å². The lowest BCUT2D eigenvalue weighted by Gasteiger charge is -2.39. The number of carbonyl (C=O) groups is 2. The SMILES string of the molecule is CN(CC[C@H](CSc1ccccc1)Nc1ccc(S(=O)(=O)NC(=O)c2ccc(N3CCN(CC4=C(c5ccc(Cl)cc5)CCC(C)(C)C4)CC3)cc2)cc1S(=O)(=O)C(F)(F)F)C(=O)OC(C)(C)C. The molecule has 2 N–H and O–H groups in total. The summed E-state index contributed by atoms with van der Waals surface area (Å²) in [5.74, 6) is -0.844. The third kappa shape index (κ3) is 13.9. The highest BCUT2D eigenvalue weighted by atomic mass is 35.5. The van der Waals surface area contributed by atoms with Crippen molar-refractivity contribution in [3.63, 3.8) is 0 Å². The van der Waals surface area contributed by atoms with E-state index < -0.39 is 64.5 Å². The number of anilines is 2. The number of allylic oxidation sites excluding steroid dienone is 1. The highest BCUT2D eigenvalue weighted by molar-refractivity contribution is 7.99. The molecular formula is C49H59ClF3N5O7S3. The summed E-state index contributed by atoms with van der Waals surface area (Å²) in [7, 11) is -9.55. The number of carbonyl (C=O) groups excluding carboxylic acids is 2. The maximum absolute atomic E-state index is 14.2. The van der Waals surface area contributed by atoms with E-state index in [-0.39, 0.29) is 29.7 Å². The van der Waals surface area contributed by atoms with Gasteiger partial charge in [0.25, 0.3) is 25.8 Å². The van der Waals surface area contributed by atoms with Gasteiger partial charge in [0.1, 0.15) is 10.5 Å². The molecular weight excluding hydrogens is 959 g/mol. The second-order valence-corrected chi connectivity index (χ2v) is 24.1. The van der Waals surface area contributed by atoms with Gasteiger partial charge in [0.15, 0.2) is 0 Å². The Kier molecular flexibility index (Phi) is 16.6. The number of sulfone groups is 1. The third-order valence-corrected chi connectivity index (χ3v) is 16.1. The first kappa shape index (κ1) is 52.6. The van der Waals surface area contributed by atoms with E-state index in [1.807, 2.05) is 35.1 Å². The molecule has 1 aliphatic heterocycles. The number of hydrogen-bond donors (Lipinski definition) is 2. The zero-order valence-corrected chi connectivity index (χ0v) is 42.2. The third-order valence-electron chi connectivity index (χ3n) is 11.8. The highest BCUT2D eigenvalue weighted by Gasteiger charge is 2.48. The summed E-state index contributed by atoms with van der Waals surface area (Å²) in [5.41, 5.74) is -2.08. The molecule has 0 radical (unpaired) electrons. The van der Waals surface area contributed by atoms with Gasteiger partial charge in [-0.25, -0.2) is 26.4 Å². The number of ether oxygens (including phenoxy) is 1. The van der Waals surface area contributed by atoms with Gasteiger partial charge < -0.3 is 19.9 Å². The van der Waals surface area contributed by atoms with Crippen LogP contribution in [0.4, 0.5) is 29.3 Å². The normalized spacial score (nSPS) is 16.5. The Bertz CT molecular complexity index is 2670. The lowest BCUT2D eigenvalue weighted by molar-refractivity contribution is -0.0436. The Hall–Kier alpha value is -4.75. The van der Waals surface area contributed by atoms with Gasteiger partial charge in [-0.15, -0.1) is 11.8 Å². The summed E-state index contributed by atoms with van der Waals surface area (Å²) in [6.07, 6.45) is 2.62. The van der Waals surface area contributed by atoms with Crippen molar-refractivity contribution in [2.45, 2.75) is 92.1 Å². The summed E-state index contributed by atoms with van der Waals surface area (Å²) in [5, 5.41) is 3.58. The molecule has 19 heteroatoms. The van der Waals surface area contributed by atoms with Crippen molar-refractivity contribution in [2.24, 2.45) is 5.41 Å². The molecule has 0 spiro atoms. The van der Waals surface area contributed by atoms with E-state index in [4.69, 9.17) is 16.3 Å². The Labute approximate surface area is 407 Å². The van der Waals surface area contributed by atoms with E-state index in [2.05, 4.69) is 41.1 Å². The lowest BCUT2D eigenvalue weighted by Crippen LogP contribution is -2.47. The van der Waals surface area contributed by atoms with Crippen LogP contribution in [-0.4, -0.2) is 108 Å². The maximum Gasteiger partial charge on any atom is 0.501 e. The summed E-state index contributed by atoms with van der Waals surface area (Å²) >= 11 is 7.53. The zero-order valence-electron chi connectivity index (χ0n) is 39.0. The number of rotatable bonds is 16.